The molecule has 0 aliphatic carbocycles. The molecule has 1 aliphatic heterocycles. The Kier molecular flexibility index (Phi) is 13.0. The molecule has 0 aromatic rings. The molecule has 0 unspecified atom stereocenters. The van der Waals surface area contributed by atoms with Gasteiger partial charge in [-0.2, -0.15) is 0 Å². The Morgan fingerprint density at radius 1 is 0.867 bits per heavy atom. The number of cyclic esters (lactones) is 1. The predicted octanol–water partition coefficient (Wildman–Crippen LogP) is 4.31. The molecule has 1 aliphatic rings. The molecule has 0 bridgehead atoms. The van der Waals surface area contributed by atoms with Gasteiger partial charge in [-0.15, -0.1) is 0 Å². The number of hydrogen-bond donors (Lipinski definition) is 3. The largest absolute Gasteiger partial charge is 0.454 e. The summed E-state index contributed by atoms with van der Waals surface area (Å²) in [6.45, 7) is 6.16. The minimum absolute atomic E-state index is 0.0160. The standard InChI is InChI=1S/C25H38O5/c1-19(9-5-11-21(3)16-26)7-4-8-20(2)10-6-12-22(17-27)13-14-24-23(18-28)15-25(29)30-24/h7,10-11,13,15,24,26-28H,4-6,8-9,12,14,16-18H2,1-3H3/b19-7+,20-10+,21-11+,22-13+/t24-/m1/s1. The van der Waals surface area contributed by atoms with Crippen molar-refractivity contribution in [2.24, 2.45) is 0 Å². The highest BCUT2D eigenvalue weighted by Gasteiger charge is 2.24. The number of rotatable bonds is 14. The first-order chi connectivity index (χ1) is 14.4. The lowest BCUT2D eigenvalue weighted by molar-refractivity contribution is -0.138. The van der Waals surface area contributed by atoms with Gasteiger partial charge in [-0.05, 0) is 64.9 Å². The van der Waals surface area contributed by atoms with E-state index in [9.17, 15) is 15.0 Å². The van der Waals surface area contributed by atoms with Crippen LogP contribution in [-0.2, 0) is 9.53 Å². The van der Waals surface area contributed by atoms with E-state index in [1.54, 1.807) is 0 Å². The predicted molar refractivity (Wildman–Crippen MR) is 121 cm³/mol. The third-order valence-corrected chi connectivity index (χ3v) is 5.25. The zero-order chi connectivity index (χ0) is 22.4. The highest BCUT2D eigenvalue weighted by atomic mass is 16.5. The van der Waals surface area contributed by atoms with Gasteiger partial charge in [-0.25, -0.2) is 4.79 Å². The molecule has 3 N–H and O–H groups in total. The summed E-state index contributed by atoms with van der Waals surface area (Å²) in [7, 11) is 0. The van der Waals surface area contributed by atoms with Crippen LogP contribution in [0, 0.1) is 0 Å². The molecule has 0 saturated heterocycles. The molecule has 0 fully saturated rings. The second kappa shape index (κ2) is 14.9. The maximum atomic E-state index is 11.3. The van der Waals surface area contributed by atoms with Crippen LogP contribution < -0.4 is 0 Å². The van der Waals surface area contributed by atoms with Gasteiger partial charge in [0.25, 0.3) is 0 Å². The summed E-state index contributed by atoms with van der Waals surface area (Å²) in [5.41, 5.74) is 5.24. The van der Waals surface area contributed by atoms with Crippen molar-refractivity contribution in [2.45, 2.75) is 71.8 Å². The number of aliphatic hydroxyl groups is 3. The smallest absolute Gasteiger partial charge is 0.331 e. The van der Waals surface area contributed by atoms with Gasteiger partial charge in [0.05, 0.1) is 19.8 Å². The average Bonchev–Trinajstić information content (AvgIpc) is 3.09. The van der Waals surface area contributed by atoms with E-state index in [0.29, 0.717) is 12.0 Å². The van der Waals surface area contributed by atoms with Gasteiger partial charge in [0.2, 0.25) is 0 Å². The molecule has 1 rings (SSSR count). The SMILES string of the molecule is C/C(=C\CC/C(C)=C/CC/C(C)=C/CC/C(=C\C[C@H]1OC(=O)C=C1CO)CO)CO. The summed E-state index contributed by atoms with van der Waals surface area (Å²) in [5.74, 6) is -0.414. The lowest BCUT2D eigenvalue weighted by atomic mass is 10.0. The number of esters is 1. The molecule has 1 atom stereocenters. The minimum atomic E-state index is -0.417. The van der Waals surface area contributed by atoms with Crippen LogP contribution >= 0.6 is 0 Å². The van der Waals surface area contributed by atoms with Crippen molar-refractivity contribution < 1.29 is 24.9 Å². The monoisotopic (exact) mass is 418 g/mol. The van der Waals surface area contributed by atoms with Gasteiger partial charge < -0.3 is 20.1 Å². The van der Waals surface area contributed by atoms with Crippen molar-refractivity contribution >= 4 is 5.97 Å². The Bertz CT molecular complexity index is 694. The number of allylic oxidation sites excluding steroid dienone is 5. The quantitative estimate of drug-likeness (QED) is 0.289. The van der Waals surface area contributed by atoms with Crippen molar-refractivity contribution in [2.75, 3.05) is 19.8 Å². The highest BCUT2D eigenvalue weighted by Crippen LogP contribution is 2.20. The minimum Gasteiger partial charge on any atom is -0.454 e. The van der Waals surface area contributed by atoms with E-state index in [0.717, 1.165) is 49.7 Å². The zero-order valence-electron chi connectivity index (χ0n) is 18.7. The third kappa shape index (κ3) is 10.7. The number of carbonyl (C=O) groups is 1. The molecule has 0 aromatic heterocycles. The molecule has 0 amide bonds. The van der Waals surface area contributed by atoms with Gasteiger partial charge >= 0.3 is 5.97 Å². The molecule has 30 heavy (non-hydrogen) atoms. The molecule has 0 aromatic carbocycles. The van der Waals surface area contributed by atoms with Crippen LogP contribution in [0.4, 0.5) is 0 Å². The molecule has 1 heterocycles. The molecule has 0 saturated carbocycles. The Morgan fingerprint density at radius 3 is 1.97 bits per heavy atom. The number of aliphatic hydroxyl groups excluding tert-OH is 3. The lowest BCUT2D eigenvalue weighted by Gasteiger charge is -2.11. The van der Waals surface area contributed by atoms with E-state index in [-0.39, 0.29) is 19.8 Å². The van der Waals surface area contributed by atoms with E-state index in [2.05, 4.69) is 32.1 Å². The highest BCUT2D eigenvalue weighted by molar-refractivity contribution is 5.85. The van der Waals surface area contributed by atoms with Gasteiger partial charge in [0.15, 0.2) is 0 Å². The first-order valence-electron chi connectivity index (χ1n) is 10.8. The molecule has 5 nitrogen and oxygen atoms in total. The van der Waals surface area contributed by atoms with E-state index in [4.69, 9.17) is 9.84 Å². The molecular weight excluding hydrogens is 380 g/mol. The Morgan fingerprint density at radius 2 is 1.43 bits per heavy atom. The van der Waals surface area contributed by atoms with Gasteiger partial charge in [0, 0.05) is 18.1 Å². The number of ether oxygens (including phenoxy) is 1. The first kappa shape index (κ1) is 26.1. The van der Waals surface area contributed by atoms with Crippen LogP contribution in [-0.4, -0.2) is 47.2 Å². The van der Waals surface area contributed by atoms with Crippen LogP contribution in [0.25, 0.3) is 0 Å². The van der Waals surface area contributed by atoms with Crippen LogP contribution in [0.5, 0.6) is 0 Å². The molecular formula is C25H38O5. The number of carbonyl (C=O) groups excluding carboxylic acids is 1. The van der Waals surface area contributed by atoms with Crippen molar-refractivity contribution in [1.29, 1.82) is 0 Å². The third-order valence-electron chi connectivity index (χ3n) is 5.25. The normalized spacial score (nSPS) is 18.7. The van der Waals surface area contributed by atoms with E-state index in [1.165, 1.54) is 17.2 Å². The fraction of sp³-hybridized carbons (Fsp3) is 0.560. The average molecular weight is 419 g/mol. The maximum absolute atomic E-state index is 11.3. The Balaban J connectivity index is 2.36. The van der Waals surface area contributed by atoms with Crippen LogP contribution in [0.15, 0.2) is 58.2 Å². The van der Waals surface area contributed by atoms with Gasteiger partial charge in [-0.1, -0.05) is 41.0 Å². The Labute approximate surface area is 181 Å². The summed E-state index contributed by atoms with van der Waals surface area (Å²) in [4.78, 5) is 11.3. The van der Waals surface area contributed by atoms with Crippen molar-refractivity contribution in [3.8, 4) is 0 Å². The molecule has 5 heteroatoms. The van der Waals surface area contributed by atoms with Crippen molar-refractivity contribution in [3.05, 3.63) is 58.2 Å². The van der Waals surface area contributed by atoms with E-state index < -0.39 is 12.1 Å². The maximum Gasteiger partial charge on any atom is 0.331 e. The molecule has 0 radical (unpaired) electrons. The topological polar surface area (TPSA) is 87.0 Å². The Hall–Kier alpha value is -1.95. The summed E-state index contributed by atoms with van der Waals surface area (Å²) in [6, 6.07) is 0. The van der Waals surface area contributed by atoms with Gasteiger partial charge in [0.1, 0.15) is 6.10 Å². The fourth-order valence-corrected chi connectivity index (χ4v) is 3.23. The second-order valence-corrected chi connectivity index (χ2v) is 7.98. The zero-order valence-corrected chi connectivity index (χ0v) is 18.7. The summed E-state index contributed by atoms with van der Waals surface area (Å²) >= 11 is 0. The van der Waals surface area contributed by atoms with Gasteiger partial charge in [-0.3, -0.25) is 0 Å². The first-order valence-corrected chi connectivity index (χ1v) is 10.8. The van der Waals surface area contributed by atoms with Crippen LogP contribution in [0.1, 0.15) is 65.7 Å². The van der Waals surface area contributed by atoms with E-state index >= 15 is 0 Å². The second-order valence-electron chi connectivity index (χ2n) is 7.98. The van der Waals surface area contributed by atoms with Crippen molar-refractivity contribution in [1.82, 2.24) is 0 Å². The van der Waals surface area contributed by atoms with E-state index in [1.807, 2.05) is 13.0 Å². The number of hydrogen-bond acceptors (Lipinski definition) is 5. The summed E-state index contributed by atoms with van der Waals surface area (Å²) in [5, 5.41) is 27.8. The molecule has 168 valence electrons. The fourth-order valence-electron chi connectivity index (χ4n) is 3.23. The lowest BCUT2D eigenvalue weighted by Crippen LogP contribution is -2.13. The molecule has 0 spiro atoms. The summed E-state index contributed by atoms with van der Waals surface area (Å²) in [6.07, 6.45) is 15.6. The van der Waals surface area contributed by atoms with Crippen LogP contribution in [0.3, 0.4) is 0 Å². The summed E-state index contributed by atoms with van der Waals surface area (Å²) < 4.78 is 5.16. The van der Waals surface area contributed by atoms with Crippen molar-refractivity contribution in [3.63, 3.8) is 0 Å². The van der Waals surface area contributed by atoms with Crippen LogP contribution in [0.2, 0.25) is 0 Å².